The lowest BCUT2D eigenvalue weighted by Crippen LogP contribution is -2.39. The number of nitrogens with one attached hydrogen (secondary N) is 1. The third-order valence-electron chi connectivity index (χ3n) is 16.5. The van der Waals surface area contributed by atoms with E-state index in [-0.39, 0.29) is 0 Å². The Morgan fingerprint density at radius 3 is 1.68 bits per heavy atom. The molecule has 0 bridgehead atoms. The Labute approximate surface area is 467 Å². The predicted molar refractivity (Wildman–Crippen MR) is 336 cm³/mol. The Morgan fingerprint density at radius 1 is 0.420 bits per heavy atom. The van der Waals surface area contributed by atoms with Crippen LogP contribution in [0, 0.1) is 0 Å². The molecule has 6 heteroatoms. The van der Waals surface area contributed by atoms with Crippen molar-refractivity contribution in [3.8, 4) is 55.9 Å². The van der Waals surface area contributed by atoms with Crippen molar-refractivity contribution in [1.82, 2.24) is 14.5 Å². The standard InChI is InChI=1S/C75H51N5O/c1-6-22-48(23-7-1)52-42-44-59-65(46-52)79(54-30-14-5-15-31-54)63-38-18-34-57(70(59)63)56-35-19-39-64-69(56)58-32-16-17-37-62(58)80(64)66-47-53(49-24-8-2-9-25-49)43-45-60(66)74-76-73(51-28-12-4-13-29-51)77-75(78-74)61-36-21-41-68-72(61)71-55(33-20-40-67(71)81-68)50-26-10-3-11-27-50/h1-20,22-35,37-47,74H,21,36H2,(H,76,77,78). The smallest absolute Gasteiger partial charge is 0.159 e. The molecule has 1 aliphatic heterocycles. The van der Waals surface area contributed by atoms with Crippen LogP contribution >= 0.6 is 0 Å². The Balaban J connectivity index is 0.931. The number of benzene rings is 11. The van der Waals surface area contributed by atoms with E-state index in [2.05, 4.69) is 287 Å². The zero-order valence-electron chi connectivity index (χ0n) is 44.2. The van der Waals surface area contributed by atoms with Gasteiger partial charge in [-0.3, -0.25) is 0 Å². The first kappa shape index (κ1) is 46.5. The van der Waals surface area contributed by atoms with Gasteiger partial charge in [-0.25, -0.2) is 9.98 Å². The highest BCUT2D eigenvalue weighted by molar-refractivity contribution is 6.25. The summed E-state index contributed by atoms with van der Waals surface area (Å²) in [6.07, 6.45) is 3.31. The SMILES string of the molecule is C1=c2oc3cccc(-c4ccccc4)c3c2=C(C2=NC(c3ccccc3)=NC(c3ccc(-c4ccccc4)cc3-n3c4ccccc4c4c(-c5cccc6c5c5ccc(-c7ccccc7)cc5n6-c5ccccc5)cccc43)N2)CC1. The molecular weight excluding hydrogens is 987 g/mol. The van der Waals surface area contributed by atoms with E-state index in [1.54, 1.807) is 0 Å². The predicted octanol–water partition coefficient (Wildman–Crippen LogP) is 17.2. The quantitative estimate of drug-likeness (QED) is 0.157. The maximum absolute atomic E-state index is 6.74. The summed E-state index contributed by atoms with van der Waals surface area (Å²) in [5.74, 6) is 1.48. The van der Waals surface area contributed by atoms with Crippen LogP contribution in [0.1, 0.15) is 30.1 Å². The van der Waals surface area contributed by atoms with Crippen LogP contribution in [0.25, 0.3) is 122 Å². The van der Waals surface area contributed by atoms with Crippen LogP contribution < -0.4 is 16.0 Å². The van der Waals surface area contributed by atoms with Crippen LogP contribution in [0.15, 0.2) is 281 Å². The van der Waals surface area contributed by atoms with E-state index in [9.17, 15) is 0 Å². The number of para-hydroxylation sites is 2. The maximum Gasteiger partial charge on any atom is 0.159 e. The molecule has 2 aliphatic rings. The summed E-state index contributed by atoms with van der Waals surface area (Å²) in [5.41, 5.74) is 20.8. The van der Waals surface area contributed by atoms with E-state index in [0.717, 1.165) is 107 Å². The molecule has 6 nitrogen and oxygen atoms in total. The molecule has 0 radical (unpaired) electrons. The van der Waals surface area contributed by atoms with Crippen LogP contribution in [0.4, 0.5) is 0 Å². The summed E-state index contributed by atoms with van der Waals surface area (Å²) >= 11 is 0. The molecule has 382 valence electrons. The summed E-state index contributed by atoms with van der Waals surface area (Å²) in [5, 5.41) is 11.0. The number of aromatic nitrogens is 2. The first-order chi connectivity index (χ1) is 40.2. The van der Waals surface area contributed by atoms with Gasteiger partial charge in [0.05, 0.1) is 27.8 Å². The summed E-state index contributed by atoms with van der Waals surface area (Å²) in [7, 11) is 0. The third-order valence-corrected chi connectivity index (χ3v) is 16.5. The van der Waals surface area contributed by atoms with Gasteiger partial charge < -0.3 is 18.9 Å². The number of hydrogen-bond acceptors (Lipinski definition) is 4. The van der Waals surface area contributed by atoms with Crippen molar-refractivity contribution in [1.29, 1.82) is 0 Å². The molecule has 0 amide bonds. The molecule has 0 fully saturated rings. The fraction of sp³-hybridized carbons (Fsp3) is 0.0400. The largest absolute Gasteiger partial charge is 0.456 e. The van der Waals surface area contributed by atoms with Gasteiger partial charge >= 0.3 is 0 Å². The molecule has 1 N–H and O–H groups in total. The van der Waals surface area contributed by atoms with Crippen LogP contribution in [-0.4, -0.2) is 20.8 Å². The fourth-order valence-electron chi connectivity index (χ4n) is 12.9. The average Bonchev–Trinajstić information content (AvgIpc) is 4.32. The second-order valence-electron chi connectivity index (χ2n) is 21.1. The number of furan rings is 1. The van der Waals surface area contributed by atoms with E-state index in [1.807, 2.05) is 0 Å². The van der Waals surface area contributed by atoms with Gasteiger partial charge in [0.1, 0.15) is 23.0 Å². The lowest BCUT2D eigenvalue weighted by molar-refractivity contribution is 0.571. The highest BCUT2D eigenvalue weighted by Crippen LogP contribution is 2.46. The zero-order valence-corrected chi connectivity index (χ0v) is 44.2. The monoisotopic (exact) mass is 1040 g/mol. The van der Waals surface area contributed by atoms with Gasteiger partial charge in [0.15, 0.2) is 5.84 Å². The minimum atomic E-state index is -0.529. The van der Waals surface area contributed by atoms with Crippen molar-refractivity contribution in [3.05, 3.63) is 289 Å². The van der Waals surface area contributed by atoms with Gasteiger partial charge in [-0.05, 0) is 112 Å². The number of rotatable bonds is 9. The summed E-state index contributed by atoms with van der Waals surface area (Å²) in [4.78, 5) is 11.1. The molecule has 81 heavy (non-hydrogen) atoms. The molecule has 1 aliphatic carbocycles. The maximum atomic E-state index is 6.74. The minimum Gasteiger partial charge on any atom is -0.456 e. The molecular formula is C75H51N5O. The van der Waals surface area contributed by atoms with Crippen molar-refractivity contribution in [2.45, 2.75) is 19.0 Å². The molecule has 1 atom stereocenters. The normalized spacial score (nSPS) is 14.3. The number of fused-ring (bicyclic) bond motifs is 9. The number of hydrogen-bond donors (Lipinski definition) is 1. The van der Waals surface area contributed by atoms with Crippen molar-refractivity contribution in [2.75, 3.05) is 0 Å². The van der Waals surface area contributed by atoms with E-state index < -0.39 is 6.17 Å². The average molecular weight is 1040 g/mol. The first-order valence-electron chi connectivity index (χ1n) is 27.9. The fourth-order valence-corrected chi connectivity index (χ4v) is 12.9. The third kappa shape index (κ3) is 7.71. The van der Waals surface area contributed by atoms with Crippen molar-refractivity contribution >= 4 is 77.9 Å². The van der Waals surface area contributed by atoms with Gasteiger partial charge in [0.25, 0.3) is 0 Å². The van der Waals surface area contributed by atoms with Crippen molar-refractivity contribution in [3.63, 3.8) is 0 Å². The van der Waals surface area contributed by atoms with Crippen LogP contribution in [0.5, 0.6) is 0 Å². The van der Waals surface area contributed by atoms with Gasteiger partial charge in [0.2, 0.25) is 0 Å². The van der Waals surface area contributed by atoms with Gasteiger partial charge in [0, 0.05) is 54.5 Å². The second kappa shape index (κ2) is 19.1. The van der Waals surface area contributed by atoms with E-state index >= 15 is 0 Å². The van der Waals surface area contributed by atoms with Crippen molar-refractivity contribution in [2.24, 2.45) is 9.98 Å². The number of aliphatic imine (C=N–C) groups is 2. The summed E-state index contributed by atoms with van der Waals surface area (Å²) in [6.45, 7) is 0. The van der Waals surface area contributed by atoms with E-state index in [1.165, 1.54) is 49.3 Å². The lowest BCUT2D eigenvalue weighted by Gasteiger charge is -2.27. The Bertz CT molecular complexity index is 4990. The molecule has 16 rings (SSSR count). The molecule has 0 spiro atoms. The highest BCUT2D eigenvalue weighted by Gasteiger charge is 2.29. The Kier molecular flexibility index (Phi) is 11.0. The Morgan fingerprint density at radius 2 is 0.975 bits per heavy atom. The summed E-state index contributed by atoms with van der Waals surface area (Å²) < 4.78 is 11.7. The van der Waals surface area contributed by atoms with Gasteiger partial charge in [-0.2, -0.15) is 0 Å². The molecule has 3 aromatic heterocycles. The van der Waals surface area contributed by atoms with Crippen LogP contribution in [-0.2, 0) is 0 Å². The molecule has 0 saturated carbocycles. The highest BCUT2D eigenvalue weighted by atomic mass is 16.3. The van der Waals surface area contributed by atoms with Gasteiger partial charge in [-0.1, -0.05) is 218 Å². The van der Waals surface area contributed by atoms with Gasteiger partial charge in [-0.15, -0.1) is 0 Å². The zero-order chi connectivity index (χ0) is 53.4. The summed E-state index contributed by atoms with van der Waals surface area (Å²) in [6, 6.07) is 96.0. The molecule has 14 aromatic rings. The number of amidine groups is 2. The topological polar surface area (TPSA) is 59.8 Å². The van der Waals surface area contributed by atoms with E-state index in [4.69, 9.17) is 14.4 Å². The molecule has 4 heterocycles. The lowest BCUT2D eigenvalue weighted by atomic mass is 9.94. The first-order valence-corrected chi connectivity index (χ1v) is 27.9. The molecule has 1 unspecified atom stereocenters. The Hall–Kier alpha value is -10.6. The number of nitrogens with zero attached hydrogens (tertiary/aromatic N) is 4. The molecule has 0 saturated heterocycles. The van der Waals surface area contributed by atoms with E-state index in [0.29, 0.717) is 5.84 Å². The molecule has 11 aromatic carbocycles. The second-order valence-corrected chi connectivity index (χ2v) is 21.1. The van der Waals surface area contributed by atoms with Crippen molar-refractivity contribution < 1.29 is 4.42 Å². The van der Waals surface area contributed by atoms with Crippen LogP contribution in [0.2, 0.25) is 0 Å². The minimum absolute atomic E-state index is 0.529. The van der Waals surface area contributed by atoms with Crippen LogP contribution in [0.3, 0.4) is 0 Å².